The smallest absolute Gasteiger partial charge is 0.329 e. The van der Waals surface area contributed by atoms with E-state index in [0.29, 0.717) is 12.8 Å². The minimum Gasteiger partial charge on any atom is -0.329 e. The third-order valence-corrected chi connectivity index (χ3v) is 3.36. The van der Waals surface area contributed by atoms with Crippen LogP contribution in [0.4, 0.5) is 13.2 Å². The fourth-order valence-corrected chi connectivity index (χ4v) is 2.23. The van der Waals surface area contributed by atoms with Crippen molar-refractivity contribution in [2.24, 2.45) is 0 Å². The molecule has 6 nitrogen and oxygen atoms in total. The SMILES string of the molecule is O=c1[nH]ccc(-c2noc(C(F)(F)F)n2)c1CCc1cccnc1. The normalized spacial score (nSPS) is 11.6. The summed E-state index contributed by atoms with van der Waals surface area (Å²) < 4.78 is 42.0. The Balaban J connectivity index is 1.93. The summed E-state index contributed by atoms with van der Waals surface area (Å²) >= 11 is 0. The van der Waals surface area contributed by atoms with E-state index < -0.39 is 17.6 Å². The first-order valence-corrected chi connectivity index (χ1v) is 6.96. The molecule has 0 aliphatic heterocycles. The van der Waals surface area contributed by atoms with Gasteiger partial charge in [0.15, 0.2) is 0 Å². The quantitative estimate of drug-likeness (QED) is 0.792. The van der Waals surface area contributed by atoms with Gasteiger partial charge in [0.25, 0.3) is 5.56 Å². The monoisotopic (exact) mass is 336 g/mol. The van der Waals surface area contributed by atoms with Gasteiger partial charge in [-0.1, -0.05) is 11.2 Å². The number of rotatable bonds is 4. The molecule has 3 aromatic heterocycles. The molecule has 0 atom stereocenters. The highest BCUT2D eigenvalue weighted by Crippen LogP contribution is 2.29. The maximum atomic E-state index is 12.6. The van der Waals surface area contributed by atoms with Crippen molar-refractivity contribution in [1.82, 2.24) is 20.1 Å². The zero-order chi connectivity index (χ0) is 17.2. The van der Waals surface area contributed by atoms with Crippen LogP contribution in [0.25, 0.3) is 11.4 Å². The fourth-order valence-electron chi connectivity index (χ4n) is 2.23. The van der Waals surface area contributed by atoms with Gasteiger partial charge >= 0.3 is 12.1 Å². The molecular formula is C15H11F3N4O2. The molecule has 3 heterocycles. The van der Waals surface area contributed by atoms with E-state index in [9.17, 15) is 18.0 Å². The van der Waals surface area contributed by atoms with Gasteiger partial charge in [-0.3, -0.25) is 9.78 Å². The molecule has 0 aliphatic rings. The van der Waals surface area contributed by atoms with Crippen molar-refractivity contribution in [2.45, 2.75) is 19.0 Å². The Hall–Kier alpha value is -2.97. The van der Waals surface area contributed by atoms with Crippen molar-refractivity contribution in [3.05, 3.63) is 64.2 Å². The number of halogens is 3. The highest BCUT2D eigenvalue weighted by Gasteiger charge is 2.38. The number of pyridine rings is 2. The predicted octanol–water partition coefficient (Wildman–Crippen LogP) is 2.62. The first kappa shape index (κ1) is 15.9. The summed E-state index contributed by atoms with van der Waals surface area (Å²) in [4.78, 5) is 21.9. The Morgan fingerprint density at radius 2 is 2.04 bits per heavy atom. The maximum Gasteiger partial charge on any atom is 0.471 e. The molecule has 3 aromatic rings. The van der Waals surface area contributed by atoms with Crippen LogP contribution in [-0.4, -0.2) is 20.1 Å². The van der Waals surface area contributed by atoms with Crippen molar-refractivity contribution in [3.63, 3.8) is 0 Å². The van der Waals surface area contributed by atoms with E-state index in [0.717, 1.165) is 5.56 Å². The molecule has 0 saturated carbocycles. The summed E-state index contributed by atoms with van der Waals surface area (Å²) in [7, 11) is 0. The maximum absolute atomic E-state index is 12.6. The number of aromatic nitrogens is 4. The molecule has 124 valence electrons. The number of nitrogens with zero attached hydrogens (tertiary/aromatic N) is 3. The summed E-state index contributed by atoms with van der Waals surface area (Å²) in [6.07, 6.45) is 0.678. The van der Waals surface area contributed by atoms with Crippen LogP contribution < -0.4 is 5.56 Å². The van der Waals surface area contributed by atoms with Crippen LogP contribution in [0.3, 0.4) is 0 Å². The summed E-state index contributed by atoms with van der Waals surface area (Å²) in [5.41, 5.74) is 0.989. The van der Waals surface area contributed by atoms with E-state index in [2.05, 4.69) is 24.6 Å². The largest absolute Gasteiger partial charge is 0.471 e. The van der Waals surface area contributed by atoms with Gasteiger partial charge in [0.2, 0.25) is 5.82 Å². The van der Waals surface area contributed by atoms with Gasteiger partial charge in [0.05, 0.1) is 0 Å². The molecule has 0 aliphatic carbocycles. The van der Waals surface area contributed by atoms with Gasteiger partial charge in [-0.15, -0.1) is 0 Å². The van der Waals surface area contributed by atoms with Crippen LogP contribution in [0.5, 0.6) is 0 Å². The van der Waals surface area contributed by atoms with Crippen molar-refractivity contribution < 1.29 is 17.7 Å². The Morgan fingerprint density at radius 3 is 2.71 bits per heavy atom. The number of aromatic amines is 1. The molecule has 0 radical (unpaired) electrons. The van der Waals surface area contributed by atoms with E-state index in [4.69, 9.17) is 0 Å². The first-order valence-electron chi connectivity index (χ1n) is 6.96. The van der Waals surface area contributed by atoms with Crippen molar-refractivity contribution in [2.75, 3.05) is 0 Å². The molecule has 9 heteroatoms. The lowest BCUT2D eigenvalue weighted by atomic mass is 10.0. The lowest BCUT2D eigenvalue weighted by Gasteiger charge is -2.05. The Kier molecular flexibility index (Phi) is 4.15. The second kappa shape index (κ2) is 6.26. The van der Waals surface area contributed by atoms with Crippen molar-refractivity contribution in [3.8, 4) is 11.4 Å². The van der Waals surface area contributed by atoms with Crippen LogP contribution >= 0.6 is 0 Å². The van der Waals surface area contributed by atoms with Gasteiger partial charge in [-0.25, -0.2) is 0 Å². The molecule has 3 rings (SSSR count). The van der Waals surface area contributed by atoms with Crippen molar-refractivity contribution >= 4 is 0 Å². The third kappa shape index (κ3) is 3.34. The third-order valence-electron chi connectivity index (χ3n) is 3.36. The van der Waals surface area contributed by atoms with Gasteiger partial charge < -0.3 is 9.51 Å². The van der Waals surface area contributed by atoms with E-state index in [1.54, 1.807) is 18.5 Å². The zero-order valence-electron chi connectivity index (χ0n) is 12.2. The lowest BCUT2D eigenvalue weighted by Crippen LogP contribution is -2.14. The number of hydrogen-bond donors (Lipinski definition) is 1. The Bertz CT molecular complexity index is 887. The predicted molar refractivity (Wildman–Crippen MR) is 77.0 cm³/mol. The highest BCUT2D eigenvalue weighted by molar-refractivity contribution is 5.58. The second-order valence-corrected chi connectivity index (χ2v) is 4.98. The molecule has 0 bridgehead atoms. The summed E-state index contributed by atoms with van der Waals surface area (Å²) in [6, 6.07) is 5.06. The van der Waals surface area contributed by atoms with Gasteiger partial charge in [0.1, 0.15) is 0 Å². The Labute approximate surface area is 133 Å². The van der Waals surface area contributed by atoms with E-state index in [1.165, 1.54) is 12.3 Å². The molecular weight excluding hydrogens is 325 g/mol. The minimum absolute atomic E-state index is 0.210. The summed E-state index contributed by atoms with van der Waals surface area (Å²) in [6.45, 7) is 0. The second-order valence-electron chi connectivity index (χ2n) is 4.98. The summed E-state index contributed by atoms with van der Waals surface area (Å²) in [5.74, 6) is -1.72. The molecule has 0 unspecified atom stereocenters. The van der Waals surface area contributed by atoms with Crippen LogP contribution in [-0.2, 0) is 19.0 Å². The topological polar surface area (TPSA) is 84.7 Å². The molecule has 0 amide bonds. The van der Waals surface area contributed by atoms with Crippen LogP contribution in [0.2, 0.25) is 0 Å². The van der Waals surface area contributed by atoms with Crippen LogP contribution in [0, 0.1) is 0 Å². The molecule has 0 fully saturated rings. The fraction of sp³-hybridized carbons (Fsp3) is 0.200. The van der Waals surface area contributed by atoms with Crippen LogP contribution in [0.1, 0.15) is 17.0 Å². The van der Waals surface area contributed by atoms with E-state index in [-0.39, 0.29) is 17.0 Å². The standard InChI is InChI=1S/C15H11F3N4O2/c16-15(17,18)14-21-12(22-24-14)10-5-7-20-13(23)11(10)4-3-9-2-1-6-19-8-9/h1-2,5-8H,3-4H2,(H,20,23). The lowest BCUT2D eigenvalue weighted by molar-refractivity contribution is -0.159. The number of aryl methyl sites for hydroxylation is 1. The number of alkyl halides is 3. The van der Waals surface area contributed by atoms with Gasteiger partial charge in [0, 0.05) is 29.7 Å². The summed E-state index contributed by atoms with van der Waals surface area (Å²) in [5, 5.41) is 3.34. The number of hydrogen-bond acceptors (Lipinski definition) is 5. The number of H-pyrrole nitrogens is 1. The molecule has 0 aromatic carbocycles. The zero-order valence-corrected chi connectivity index (χ0v) is 12.2. The minimum atomic E-state index is -4.73. The first-order chi connectivity index (χ1) is 11.4. The Morgan fingerprint density at radius 1 is 1.21 bits per heavy atom. The average molecular weight is 336 g/mol. The molecule has 1 N–H and O–H groups in total. The van der Waals surface area contributed by atoms with Gasteiger partial charge in [-0.05, 0) is 30.5 Å². The molecule has 24 heavy (non-hydrogen) atoms. The van der Waals surface area contributed by atoms with E-state index in [1.807, 2.05) is 6.07 Å². The molecule has 0 saturated heterocycles. The van der Waals surface area contributed by atoms with E-state index >= 15 is 0 Å². The van der Waals surface area contributed by atoms with Crippen LogP contribution in [0.15, 0.2) is 46.1 Å². The highest BCUT2D eigenvalue weighted by atomic mass is 19.4. The number of nitrogens with one attached hydrogen (secondary N) is 1. The van der Waals surface area contributed by atoms with Crippen molar-refractivity contribution in [1.29, 1.82) is 0 Å². The molecule has 0 spiro atoms. The average Bonchev–Trinajstić information content (AvgIpc) is 3.04. The van der Waals surface area contributed by atoms with Gasteiger partial charge in [-0.2, -0.15) is 18.2 Å².